The number of nitrogens with two attached hydrogens (primary N) is 1. The van der Waals surface area contributed by atoms with E-state index in [2.05, 4.69) is 5.32 Å². The SMILES string of the molecule is NC(=S)C1(C(=O)Nc2cccc(Cl)c2)CCCCC1. The van der Waals surface area contributed by atoms with Crippen molar-refractivity contribution in [3.8, 4) is 0 Å². The summed E-state index contributed by atoms with van der Waals surface area (Å²) in [6, 6.07) is 7.09. The van der Waals surface area contributed by atoms with Crippen LogP contribution in [-0.2, 0) is 4.79 Å². The molecule has 1 saturated carbocycles. The van der Waals surface area contributed by atoms with Gasteiger partial charge >= 0.3 is 0 Å². The Hall–Kier alpha value is -1.13. The van der Waals surface area contributed by atoms with Crippen molar-refractivity contribution in [1.82, 2.24) is 0 Å². The lowest BCUT2D eigenvalue weighted by Crippen LogP contribution is -2.47. The van der Waals surface area contributed by atoms with Crippen molar-refractivity contribution in [3.05, 3.63) is 29.3 Å². The number of amides is 1. The summed E-state index contributed by atoms with van der Waals surface area (Å²) in [5.74, 6) is -0.109. The van der Waals surface area contributed by atoms with Gasteiger partial charge in [0, 0.05) is 10.7 Å². The number of thiocarbonyl (C=S) groups is 1. The number of benzene rings is 1. The third kappa shape index (κ3) is 3.07. The predicted octanol–water partition coefficient (Wildman–Crippen LogP) is 3.52. The van der Waals surface area contributed by atoms with Crippen LogP contribution in [0.4, 0.5) is 5.69 Å². The maximum Gasteiger partial charge on any atom is 0.237 e. The van der Waals surface area contributed by atoms with Crippen molar-refractivity contribution in [1.29, 1.82) is 0 Å². The number of carbonyl (C=O) groups is 1. The first kappa shape index (κ1) is 14.3. The highest BCUT2D eigenvalue weighted by Crippen LogP contribution is 2.37. The molecule has 0 aromatic heterocycles. The van der Waals surface area contributed by atoms with Crippen LogP contribution in [0.2, 0.25) is 5.02 Å². The molecule has 19 heavy (non-hydrogen) atoms. The van der Waals surface area contributed by atoms with Crippen LogP contribution in [-0.4, -0.2) is 10.9 Å². The van der Waals surface area contributed by atoms with Crippen LogP contribution in [0.1, 0.15) is 32.1 Å². The van der Waals surface area contributed by atoms with E-state index in [0.29, 0.717) is 15.7 Å². The lowest BCUT2D eigenvalue weighted by molar-refractivity contribution is -0.123. The fourth-order valence-electron chi connectivity index (χ4n) is 2.56. The second-order valence-electron chi connectivity index (χ2n) is 4.97. The lowest BCUT2D eigenvalue weighted by Gasteiger charge is -2.34. The maximum absolute atomic E-state index is 12.5. The molecular formula is C14H17ClN2OS. The van der Waals surface area contributed by atoms with Gasteiger partial charge in [0.15, 0.2) is 0 Å². The fourth-order valence-corrected chi connectivity index (χ4v) is 3.04. The van der Waals surface area contributed by atoms with Crippen molar-refractivity contribution in [3.63, 3.8) is 0 Å². The van der Waals surface area contributed by atoms with Gasteiger partial charge in [-0.2, -0.15) is 0 Å². The first-order valence-electron chi connectivity index (χ1n) is 6.41. The molecule has 0 saturated heterocycles. The molecule has 0 heterocycles. The zero-order chi connectivity index (χ0) is 13.9. The molecule has 1 amide bonds. The van der Waals surface area contributed by atoms with Crippen LogP contribution in [0.15, 0.2) is 24.3 Å². The van der Waals surface area contributed by atoms with E-state index in [1.165, 1.54) is 0 Å². The predicted molar refractivity (Wildman–Crippen MR) is 82.4 cm³/mol. The van der Waals surface area contributed by atoms with E-state index in [0.717, 1.165) is 32.1 Å². The highest BCUT2D eigenvalue weighted by Gasteiger charge is 2.42. The van der Waals surface area contributed by atoms with Crippen LogP contribution in [0.3, 0.4) is 0 Å². The molecular weight excluding hydrogens is 280 g/mol. The van der Waals surface area contributed by atoms with E-state index < -0.39 is 5.41 Å². The van der Waals surface area contributed by atoms with E-state index in [-0.39, 0.29) is 5.91 Å². The summed E-state index contributed by atoms with van der Waals surface area (Å²) in [5, 5.41) is 3.47. The smallest absolute Gasteiger partial charge is 0.237 e. The third-order valence-corrected chi connectivity index (χ3v) is 4.32. The molecule has 0 bridgehead atoms. The molecule has 3 N–H and O–H groups in total. The Morgan fingerprint density at radius 2 is 2.00 bits per heavy atom. The van der Waals surface area contributed by atoms with E-state index >= 15 is 0 Å². The molecule has 5 heteroatoms. The zero-order valence-electron chi connectivity index (χ0n) is 10.6. The lowest BCUT2D eigenvalue weighted by atomic mass is 9.73. The number of rotatable bonds is 3. The second-order valence-corrected chi connectivity index (χ2v) is 5.85. The monoisotopic (exact) mass is 296 g/mol. The highest BCUT2D eigenvalue weighted by atomic mass is 35.5. The molecule has 0 atom stereocenters. The minimum atomic E-state index is -0.699. The number of halogens is 1. The summed E-state index contributed by atoms with van der Waals surface area (Å²) < 4.78 is 0. The van der Waals surface area contributed by atoms with Gasteiger partial charge in [0.05, 0.1) is 10.4 Å². The Labute approximate surface area is 123 Å². The summed E-state index contributed by atoms with van der Waals surface area (Å²) in [6.07, 6.45) is 4.57. The molecule has 1 fully saturated rings. The van der Waals surface area contributed by atoms with Crippen LogP contribution in [0, 0.1) is 5.41 Å². The van der Waals surface area contributed by atoms with Crippen LogP contribution >= 0.6 is 23.8 Å². The molecule has 0 radical (unpaired) electrons. The Kier molecular flexibility index (Phi) is 4.42. The number of anilines is 1. The molecule has 1 aromatic rings. The molecule has 102 valence electrons. The van der Waals surface area contributed by atoms with Crippen LogP contribution in [0.5, 0.6) is 0 Å². The van der Waals surface area contributed by atoms with Gasteiger partial charge in [-0.25, -0.2) is 0 Å². The molecule has 1 aliphatic carbocycles. The molecule has 1 aliphatic rings. The largest absolute Gasteiger partial charge is 0.392 e. The van der Waals surface area contributed by atoms with Gasteiger partial charge in [-0.05, 0) is 31.0 Å². The van der Waals surface area contributed by atoms with E-state index in [4.69, 9.17) is 29.6 Å². The summed E-state index contributed by atoms with van der Waals surface area (Å²) in [4.78, 5) is 12.8. The quantitative estimate of drug-likeness (QED) is 0.839. The van der Waals surface area contributed by atoms with E-state index in [1.54, 1.807) is 24.3 Å². The second kappa shape index (κ2) is 5.88. The van der Waals surface area contributed by atoms with Gasteiger partial charge in [-0.3, -0.25) is 4.79 Å². The number of nitrogens with one attached hydrogen (secondary N) is 1. The molecule has 0 spiro atoms. The zero-order valence-corrected chi connectivity index (χ0v) is 12.2. The molecule has 3 nitrogen and oxygen atoms in total. The minimum Gasteiger partial charge on any atom is -0.392 e. The molecule has 1 aromatic carbocycles. The molecule has 0 unspecified atom stereocenters. The Balaban J connectivity index is 2.19. The van der Waals surface area contributed by atoms with Gasteiger partial charge < -0.3 is 11.1 Å². The average molecular weight is 297 g/mol. The third-order valence-electron chi connectivity index (χ3n) is 3.70. The summed E-state index contributed by atoms with van der Waals surface area (Å²) in [7, 11) is 0. The minimum absolute atomic E-state index is 0.109. The van der Waals surface area contributed by atoms with Crippen molar-refractivity contribution in [2.24, 2.45) is 11.1 Å². The van der Waals surface area contributed by atoms with Gasteiger partial charge in [-0.1, -0.05) is 49.1 Å². The van der Waals surface area contributed by atoms with E-state index in [1.807, 2.05) is 0 Å². The van der Waals surface area contributed by atoms with Crippen LogP contribution < -0.4 is 11.1 Å². The summed E-state index contributed by atoms with van der Waals surface area (Å²) >= 11 is 11.0. The Morgan fingerprint density at radius 1 is 1.32 bits per heavy atom. The standard InChI is InChI=1S/C14H17ClN2OS/c15-10-5-4-6-11(9-10)17-13(18)14(12(16)19)7-2-1-3-8-14/h4-6,9H,1-3,7-8H2,(H2,16,19)(H,17,18). The summed E-state index contributed by atoms with van der Waals surface area (Å²) in [6.45, 7) is 0. The first-order chi connectivity index (χ1) is 9.04. The normalized spacial score (nSPS) is 17.7. The van der Waals surface area contributed by atoms with Crippen molar-refractivity contribution in [2.75, 3.05) is 5.32 Å². The first-order valence-corrected chi connectivity index (χ1v) is 7.20. The Morgan fingerprint density at radius 3 is 2.58 bits per heavy atom. The van der Waals surface area contributed by atoms with Crippen molar-refractivity contribution >= 4 is 40.4 Å². The van der Waals surface area contributed by atoms with Crippen molar-refractivity contribution in [2.45, 2.75) is 32.1 Å². The van der Waals surface area contributed by atoms with E-state index in [9.17, 15) is 4.79 Å². The average Bonchev–Trinajstić information content (AvgIpc) is 2.39. The Bertz CT molecular complexity index is 498. The number of hydrogen-bond donors (Lipinski definition) is 2. The van der Waals surface area contributed by atoms with Gasteiger partial charge in [-0.15, -0.1) is 0 Å². The molecule has 0 aliphatic heterocycles. The topological polar surface area (TPSA) is 55.1 Å². The maximum atomic E-state index is 12.5. The highest BCUT2D eigenvalue weighted by molar-refractivity contribution is 7.80. The van der Waals surface area contributed by atoms with Crippen LogP contribution in [0.25, 0.3) is 0 Å². The number of carbonyl (C=O) groups excluding carboxylic acids is 1. The molecule has 2 rings (SSSR count). The van der Waals surface area contributed by atoms with Gasteiger partial charge in [0.1, 0.15) is 0 Å². The van der Waals surface area contributed by atoms with Gasteiger partial charge in [0.2, 0.25) is 5.91 Å². The summed E-state index contributed by atoms with van der Waals surface area (Å²) in [5.41, 5.74) is 5.81. The van der Waals surface area contributed by atoms with Crippen molar-refractivity contribution < 1.29 is 4.79 Å². The number of hydrogen-bond acceptors (Lipinski definition) is 2. The fraction of sp³-hybridized carbons (Fsp3) is 0.429. The van der Waals surface area contributed by atoms with Gasteiger partial charge in [0.25, 0.3) is 0 Å².